The highest BCUT2D eigenvalue weighted by atomic mass is 14.1. The van der Waals surface area contributed by atoms with Crippen molar-refractivity contribution in [3.05, 3.63) is 58.7 Å². The maximum atomic E-state index is 3.84. The van der Waals surface area contributed by atoms with Crippen molar-refractivity contribution in [2.75, 3.05) is 0 Å². The Bertz CT molecular complexity index is 562. The van der Waals surface area contributed by atoms with Crippen molar-refractivity contribution in [1.29, 1.82) is 0 Å². The van der Waals surface area contributed by atoms with E-state index < -0.39 is 0 Å². The van der Waals surface area contributed by atoms with E-state index in [1.807, 2.05) is 6.08 Å². The average molecular weight is 250 g/mol. The van der Waals surface area contributed by atoms with Crippen LogP contribution in [-0.2, 0) is 6.42 Å². The fraction of sp³-hybridized carbons (Fsp3) is 0.368. The largest absolute Gasteiger partial charge is 0.103 e. The fourth-order valence-electron chi connectivity index (χ4n) is 2.42. The average Bonchev–Trinajstić information content (AvgIpc) is 2.42. The van der Waals surface area contributed by atoms with Crippen LogP contribution in [0, 0.1) is 25.7 Å². The Hall–Kier alpha value is -1.74. The highest BCUT2D eigenvalue weighted by Gasteiger charge is 2.03. The van der Waals surface area contributed by atoms with E-state index in [4.69, 9.17) is 0 Å². The molecule has 0 saturated heterocycles. The van der Waals surface area contributed by atoms with E-state index in [9.17, 15) is 0 Å². The van der Waals surface area contributed by atoms with Gasteiger partial charge in [-0.1, -0.05) is 30.1 Å². The SMILES string of the molecule is C=CCc1cc(C)c(C)cc1C#CC1=CCCCC1. The predicted octanol–water partition coefficient (Wildman–Crippen LogP) is 4.88. The fourth-order valence-corrected chi connectivity index (χ4v) is 2.42. The predicted molar refractivity (Wildman–Crippen MR) is 83.2 cm³/mol. The zero-order chi connectivity index (χ0) is 13.7. The third-order valence-electron chi connectivity index (χ3n) is 3.73. The van der Waals surface area contributed by atoms with Crippen molar-refractivity contribution in [2.45, 2.75) is 46.0 Å². The van der Waals surface area contributed by atoms with E-state index in [0.29, 0.717) is 0 Å². The van der Waals surface area contributed by atoms with Crippen LogP contribution in [0.4, 0.5) is 0 Å². The zero-order valence-electron chi connectivity index (χ0n) is 12.1. The third kappa shape index (κ3) is 3.61. The van der Waals surface area contributed by atoms with Gasteiger partial charge in [0.15, 0.2) is 0 Å². The monoisotopic (exact) mass is 250 g/mol. The molecule has 0 N–H and O–H groups in total. The first-order valence-electron chi connectivity index (χ1n) is 7.13. The molecule has 0 aliphatic heterocycles. The molecular formula is C19H22. The Morgan fingerprint density at radius 2 is 1.95 bits per heavy atom. The maximum Gasteiger partial charge on any atom is 0.0286 e. The number of hydrogen-bond donors (Lipinski definition) is 0. The van der Waals surface area contributed by atoms with E-state index in [0.717, 1.165) is 18.4 Å². The molecule has 0 unspecified atom stereocenters. The highest BCUT2D eigenvalue weighted by molar-refractivity contribution is 5.49. The first-order valence-corrected chi connectivity index (χ1v) is 7.13. The normalized spacial score (nSPS) is 14.3. The minimum Gasteiger partial charge on any atom is -0.103 e. The summed E-state index contributed by atoms with van der Waals surface area (Å²) in [6.07, 6.45) is 10.1. The molecular weight excluding hydrogens is 228 g/mol. The van der Waals surface area contributed by atoms with Gasteiger partial charge >= 0.3 is 0 Å². The molecule has 1 aromatic rings. The second-order valence-electron chi connectivity index (χ2n) is 5.31. The Labute approximate surface area is 117 Å². The Morgan fingerprint density at radius 1 is 1.16 bits per heavy atom. The molecule has 0 heteroatoms. The molecule has 0 saturated carbocycles. The van der Waals surface area contributed by atoms with Crippen molar-refractivity contribution in [1.82, 2.24) is 0 Å². The van der Waals surface area contributed by atoms with Gasteiger partial charge in [-0.05, 0) is 74.3 Å². The highest BCUT2D eigenvalue weighted by Crippen LogP contribution is 2.19. The lowest BCUT2D eigenvalue weighted by molar-refractivity contribution is 0.715. The van der Waals surface area contributed by atoms with Crippen LogP contribution in [0.5, 0.6) is 0 Å². The van der Waals surface area contributed by atoms with Crippen LogP contribution in [0.2, 0.25) is 0 Å². The van der Waals surface area contributed by atoms with Crippen LogP contribution in [0.1, 0.15) is 47.9 Å². The number of aryl methyl sites for hydroxylation is 2. The summed E-state index contributed by atoms with van der Waals surface area (Å²) in [5.41, 5.74) is 6.42. The lowest BCUT2D eigenvalue weighted by Crippen LogP contribution is -1.93. The number of hydrogen-bond acceptors (Lipinski definition) is 0. The van der Waals surface area contributed by atoms with Gasteiger partial charge in [0.2, 0.25) is 0 Å². The van der Waals surface area contributed by atoms with Crippen molar-refractivity contribution in [3.63, 3.8) is 0 Å². The smallest absolute Gasteiger partial charge is 0.0286 e. The van der Waals surface area contributed by atoms with Gasteiger partial charge in [0.25, 0.3) is 0 Å². The van der Waals surface area contributed by atoms with Crippen LogP contribution in [0.3, 0.4) is 0 Å². The van der Waals surface area contributed by atoms with Gasteiger partial charge in [0, 0.05) is 5.56 Å². The Morgan fingerprint density at radius 3 is 2.63 bits per heavy atom. The minimum absolute atomic E-state index is 0.893. The summed E-state index contributed by atoms with van der Waals surface area (Å²) < 4.78 is 0. The molecule has 0 amide bonds. The summed E-state index contributed by atoms with van der Waals surface area (Å²) in [4.78, 5) is 0. The Kier molecular flexibility index (Phi) is 4.63. The van der Waals surface area contributed by atoms with Crippen LogP contribution >= 0.6 is 0 Å². The van der Waals surface area contributed by atoms with Gasteiger partial charge in [-0.25, -0.2) is 0 Å². The van der Waals surface area contributed by atoms with E-state index in [1.165, 1.54) is 41.5 Å². The second-order valence-corrected chi connectivity index (χ2v) is 5.31. The lowest BCUT2D eigenvalue weighted by atomic mass is 9.96. The van der Waals surface area contributed by atoms with E-state index in [-0.39, 0.29) is 0 Å². The molecule has 0 spiro atoms. The molecule has 0 bridgehead atoms. The summed E-state index contributed by atoms with van der Waals surface area (Å²) in [5, 5.41) is 0. The van der Waals surface area contributed by atoms with E-state index >= 15 is 0 Å². The summed E-state index contributed by atoms with van der Waals surface area (Å²) in [6, 6.07) is 4.46. The molecule has 0 heterocycles. The molecule has 0 atom stereocenters. The molecule has 0 radical (unpaired) electrons. The van der Waals surface area contributed by atoms with Crippen molar-refractivity contribution >= 4 is 0 Å². The molecule has 2 rings (SSSR count). The molecule has 0 fully saturated rings. The van der Waals surface area contributed by atoms with Crippen molar-refractivity contribution in [3.8, 4) is 11.8 Å². The van der Waals surface area contributed by atoms with Crippen LogP contribution < -0.4 is 0 Å². The molecule has 1 aliphatic carbocycles. The molecule has 0 nitrogen and oxygen atoms in total. The van der Waals surface area contributed by atoms with Gasteiger partial charge in [-0.3, -0.25) is 0 Å². The van der Waals surface area contributed by atoms with Gasteiger partial charge in [0.05, 0.1) is 0 Å². The van der Waals surface area contributed by atoms with Gasteiger partial charge < -0.3 is 0 Å². The summed E-state index contributed by atoms with van der Waals surface area (Å²) in [5.74, 6) is 6.73. The first-order chi connectivity index (χ1) is 9.20. The molecule has 1 aromatic carbocycles. The number of benzene rings is 1. The van der Waals surface area contributed by atoms with Gasteiger partial charge in [0.1, 0.15) is 0 Å². The van der Waals surface area contributed by atoms with E-state index in [1.54, 1.807) is 0 Å². The van der Waals surface area contributed by atoms with Crippen LogP contribution in [0.15, 0.2) is 36.4 Å². The number of rotatable bonds is 2. The van der Waals surface area contributed by atoms with Crippen LogP contribution in [-0.4, -0.2) is 0 Å². The zero-order valence-corrected chi connectivity index (χ0v) is 12.1. The quantitative estimate of drug-likeness (QED) is 0.518. The summed E-state index contributed by atoms with van der Waals surface area (Å²) in [6.45, 7) is 8.15. The minimum atomic E-state index is 0.893. The van der Waals surface area contributed by atoms with Crippen LogP contribution in [0.25, 0.3) is 0 Å². The molecule has 1 aliphatic rings. The Balaban J connectivity index is 2.33. The number of allylic oxidation sites excluding steroid dienone is 3. The lowest BCUT2D eigenvalue weighted by Gasteiger charge is -2.08. The van der Waals surface area contributed by atoms with Gasteiger partial charge in [-0.15, -0.1) is 6.58 Å². The van der Waals surface area contributed by atoms with Crippen molar-refractivity contribution in [2.24, 2.45) is 0 Å². The molecule has 98 valence electrons. The first kappa shape index (κ1) is 13.7. The van der Waals surface area contributed by atoms with Gasteiger partial charge in [-0.2, -0.15) is 0 Å². The summed E-state index contributed by atoms with van der Waals surface area (Å²) in [7, 11) is 0. The molecule has 19 heavy (non-hydrogen) atoms. The second kappa shape index (κ2) is 6.43. The molecule has 0 aromatic heterocycles. The summed E-state index contributed by atoms with van der Waals surface area (Å²) >= 11 is 0. The third-order valence-corrected chi connectivity index (χ3v) is 3.73. The van der Waals surface area contributed by atoms with Crippen molar-refractivity contribution < 1.29 is 0 Å². The maximum absolute atomic E-state index is 3.84. The topological polar surface area (TPSA) is 0 Å². The standard InChI is InChI=1S/C19H22/c1-4-8-18-13-15(2)16(3)14-19(18)12-11-17-9-6-5-7-10-17/h4,9,13-14H,1,5-8,10H2,2-3H3. The van der Waals surface area contributed by atoms with E-state index in [2.05, 4.69) is 50.5 Å².